The molecular formula is C14H23F2N3O. The average molecular weight is 287 g/mol. The van der Waals surface area contributed by atoms with E-state index in [4.69, 9.17) is 0 Å². The third-order valence-electron chi connectivity index (χ3n) is 5.19. The summed E-state index contributed by atoms with van der Waals surface area (Å²) in [4.78, 5) is 16.4. The van der Waals surface area contributed by atoms with E-state index in [0.717, 1.165) is 19.5 Å². The Hall–Kier alpha value is -0.750. The standard InChI is InChI=1S/C12H17F2N3O.C2H6/c1-16-3-7-2-8(4-16)17(7)10(18)9-11(6-15-9)5-12(11,13)14;1-2/h7-9,15H,2-6H2,1H3;1-2H3. The number of carbonyl (C=O) groups is 1. The fraction of sp³-hybridized carbons (Fsp3) is 0.929. The highest BCUT2D eigenvalue weighted by Crippen LogP contribution is 2.66. The molecule has 114 valence electrons. The number of likely N-dealkylation sites (N-methyl/N-ethyl adjacent to an activating group) is 1. The van der Waals surface area contributed by atoms with E-state index < -0.39 is 17.4 Å². The van der Waals surface area contributed by atoms with Gasteiger partial charge in [-0.1, -0.05) is 13.8 Å². The average Bonchev–Trinajstić information content (AvgIpc) is 2.96. The number of amides is 1. The number of nitrogens with one attached hydrogen (secondary N) is 1. The van der Waals surface area contributed by atoms with Crippen molar-refractivity contribution in [3.63, 3.8) is 0 Å². The van der Waals surface area contributed by atoms with E-state index in [-0.39, 0.29) is 24.4 Å². The van der Waals surface area contributed by atoms with E-state index in [2.05, 4.69) is 10.2 Å². The number of hydrogen-bond acceptors (Lipinski definition) is 3. The summed E-state index contributed by atoms with van der Waals surface area (Å²) >= 11 is 0. The zero-order valence-electron chi connectivity index (χ0n) is 12.3. The third kappa shape index (κ3) is 1.67. The first-order valence-electron chi connectivity index (χ1n) is 7.56. The lowest BCUT2D eigenvalue weighted by molar-refractivity contribution is -0.162. The third-order valence-corrected chi connectivity index (χ3v) is 5.19. The van der Waals surface area contributed by atoms with Gasteiger partial charge in [0, 0.05) is 38.1 Å². The number of carbonyl (C=O) groups excluding carboxylic acids is 1. The Kier molecular flexibility index (Phi) is 3.10. The minimum absolute atomic E-state index is 0.0900. The van der Waals surface area contributed by atoms with E-state index in [1.54, 1.807) is 0 Å². The largest absolute Gasteiger partial charge is 0.333 e. The number of hydrogen-bond donors (Lipinski definition) is 1. The Morgan fingerprint density at radius 1 is 1.25 bits per heavy atom. The van der Waals surface area contributed by atoms with E-state index in [1.807, 2.05) is 25.8 Å². The maximum Gasteiger partial charge on any atom is 0.258 e. The maximum absolute atomic E-state index is 13.4. The van der Waals surface area contributed by atoms with Crippen molar-refractivity contribution in [2.24, 2.45) is 5.41 Å². The first-order chi connectivity index (χ1) is 9.45. The molecule has 0 aromatic heterocycles. The highest BCUT2D eigenvalue weighted by molar-refractivity contribution is 5.86. The van der Waals surface area contributed by atoms with Crippen LogP contribution in [0.5, 0.6) is 0 Å². The zero-order chi connectivity index (χ0) is 14.7. The highest BCUT2D eigenvalue weighted by Gasteiger charge is 2.80. The van der Waals surface area contributed by atoms with Crippen molar-refractivity contribution in [2.45, 2.75) is 50.7 Å². The molecule has 4 nitrogen and oxygen atoms in total. The predicted octanol–water partition coefficient (Wildman–Crippen LogP) is 0.925. The van der Waals surface area contributed by atoms with Crippen molar-refractivity contribution in [2.75, 3.05) is 26.7 Å². The van der Waals surface area contributed by atoms with Crippen LogP contribution in [0.2, 0.25) is 0 Å². The van der Waals surface area contributed by atoms with Crippen LogP contribution in [-0.4, -0.2) is 66.4 Å². The Morgan fingerprint density at radius 2 is 1.80 bits per heavy atom. The van der Waals surface area contributed by atoms with Gasteiger partial charge < -0.3 is 15.1 Å². The summed E-state index contributed by atoms with van der Waals surface area (Å²) in [5.41, 5.74) is -1.04. The van der Waals surface area contributed by atoms with Gasteiger partial charge in [-0.05, 0) is 13.5 Å². The monoisotopic (exact) mass is 287 g/mol. The molecule has 4 unspecified atom stereocenters. The fourth-order valence-corrected chi connectivity index (χ4v) is 3.96. The normalized spacial score (nSPS) is 44.0. The van der Waals surface area contributed by atoms with Crippen LogP contribution in [0.15, 0.2) is 0 Å². The SMILES string of the molecule is CC.CN1CC2CC(C1)N2C(=O)C1NCC12CC2(F)F. The first-order valence-corrected chi connectivity index (χ1v) is 7.56. The first kappa shape index (κ1) is 14.2. The smallest absolute Gasteiger partial charge is 0.258 e. The van der Waals surface area contributed by atoms with E-state index >= 15 is 0 Å². The van der Waals surface area contributed by atoms with Gasteiger partial charge >= 0.3 is 0 Å². The number of alkyl halides is 2. The van der Waals surface area contributed by atoms with Gasteiger partial charge in [0.25, 0.3) is 5.92 Å². The van der Waals surface area contributed by atoms with Gasteiger partial charge in [0.2, 0.25) is 5.91 Å². The lowest BCUT2D eigenvalue weighted by Crippen LogP contribution is -2.75. The summed E-state index contributed by atoms with van der Waals surface area (Å²) < 4.78 is 26.7. The number of piperazine rings is 1. The number of rotatable bonds is 1. The molecule has 0 aromatic rings. The second-order valence-corrected chi connectivity index (χ2v) is 6.36. The molecule has 5 fully saturated rings. The molecule has 0 aromatic carbocycles. The lowest BCUT2D eigenvalue weighted by Gasteiger charge is -2.57. The molecule has 1 amide bonds. The van der Waals surface area contributed by atoms with E-state index in [9.17, 15) is 13.6 Å². The summed E-state index contributed by atoms with van der Waals surface area (Å²) in [5.74, 6) is -2.72. The summed E-state index contributed by atoms with van der Waals surface area (Å²) in [7, 11) is 2.04. The number of halogens is 2. The summed E-state index contributed by atoms with van der Waals surface area (Å²) in [5, 5.41) is 2.92. The van der Waals surface area contributed by atoms with Gasteiger partial charge in [-0.15, -0.1) is 0 Å². The van der Waals surface area contributed by atoms with E-state index in [0.29, 0.717) is 6.54 Å². The van der Waals surface area contributed by atoms with Crippen molar-refractivity contribution >= 4 is 5.91 Å². The second-order valence-electron chi connectivity index (χ2n) is 6.36. The molecule has 1 saturated carbocycles. The van der Waals surface area contributed by atoms with Crippen LogP contribution in [0.3, 0.4) is 0 Å². The van der Waals surface area contributed by atoms with Gasteiger partial charge in [0.05, 0.1) is 11.5 Å². The van der Waals surface area contributed by atoms with Crippen molar-refractivity contribution in [3.8, 4) is 0 Å². The highest BCUT2D eigenvalue weighted by atomic mass is 19.3. The summed E-state index contributed by atoms with van der Waals surface area (Å²) in [6, 6.07) is -0.151. The van der Waals surface area contributed by atoms with Gasteiger partial charge in [-0.25, -0.2) is 8.78 Å². The van der Waals surface area contributed by atoms with Gasteiger partial charge in [0.1, 0.15) is 0 Å². The number of nitrogens with zero attached hydrogens (tertiary/aromatic N) is 2. The quantitative estimate of drug-likeness (QED) is 0.779. The van der Waals surface area contributed by atoms with Crippen molar-refractivity contribution in [1.82, 2.24) is 15.1 Å². The van der Waals surface area contributed by atoms with Crippen molar-refractivity contribution < 1.29 is 13.6 Å². The van der Waals surface area contributed by atoms with Crippen LogP contribution < -0.4 is 5.32 Å². The Bertz CT molecular complexity index is 419. The molecular weight excluding hydrogens is 264 g/mol. The van der Waals surface area contributed by atoms with Crippen LogP contribution >= 0.6 is 0 Å². The molecule has 5 aliphatic rings. The number of fused-ring (bicyclic) bond motifs is 2. The molecule has 0 radical (unpaired) electrons. The molecule has 1 aliphatic carbocycles. The Labute approximate surface area is 118 Å². The van der Waals surface area contributed by atoms with Gasteiger partial charge in [-0.2, -0.15) is 0 Å². The molecule has 20 heavy (non-hydrogen) atoms. The summed E-state index contributed by atoms with van der Waals surface area (Å²) in [6.07, 6.45) is 0.915. The molecule has 6 heteroatoms. The lowest BCUT2D eigenvalue weighted by atomic mass is 9.81. The molecule has 5 rings (SSSR count). The minimum Gasteiger partial charge on any atom is -0.333 e. The number of piperidine rings is 1. The van der Waals surface area contributed by atoms with Gasteiger partial charge in [-0.3, -0.25) is 4.79 Å². The molecule has 1 spiro atoms. The van der Waals surface area contributed by atoms with Gasteiger partial charge in [0.15, 0.2) is 0 Å². The van der Waals surface area contributed by atoms with Crippen LogP contribution in [0.1, 0.15) is 26.7 Å². The molecule has 2 bridgehead atoms. The zero-order valence-corrected chi connectivity index (χ0v) is 12.3. The van der Waals surface area contributed by atoms with Crippen LogP contribution in [0, 0.1) is 5.41 Å². The molecule has 1 N–H and O–H groups in total. The van der Waals surface area contributed by atoms with E-state index in [1.165, 1.54) is 0 Å². The van der Waals surface area contributed by atoms with Crippen molar-refractivity contribution in [1.29, 1.82) is 0 Å². The van der Waals surface area contributed by atoms with Crippen LogP contribution in [0.4, 0.5) is 8.78 Å². The molecule has 4 atom stereocenters. The van der Waals surface area contributed by atoms with Crippen molar-refractivity contribution in [3.05, 3.63) is 0 Å². The Balaban J connectivity index is 0.000000581. The fourth-order valence-electron chi connectivity index (χ4n) is 3.96. The minimum atomic E-state index is -2.63. The molecule has 4 saturated heterocycles. The Morgan fingerprint density at radius 3 is 2.20 bits per heavy atom. The predicted molar refractivity (Wildman–Crippen MR) is 71.7 cm³/mol. The summed E-state index contributed by atoms with van der Waals surface area (Å²) in [6.45, 7) is 6.04. The maximum atomic E-state index is 13.4. The van der Waals surface area contributed by atoms with Crippen LogP contribution in [0.25, 0.3) is 0 Å². The molecule has 4 heterocycles. The topological polar surface area (TPSA) is 35.6 Å². The second kappa shape index (κ2) is 4.37. The molecule has 4 aliphatic heterocycles. The van der Waals surface area contributed by atoms with Crippen LogP contribution in [-0.2, 0) is 4.79 Å².